The second-order valence-corrected chi connectivity index (χ2v) is 5.60. The monoisotopic (exact) mass is 305 g/mol. The molecule has 2 atom stereocenters. The normalized spacial score (nSPS) is 22.3. The molecule has 0 saturated carbocycles. The topological polar surface area (TPSA) is 42.7 Å². The molecule has 0 N–H and O–H groups in total. The summed E-state index contributed by atoms with van der Waals surface area (Å²) in [6.45, 7) is 2.94. The van der Waals surface area contributed by atoms with Crippen LogP contribution >= 0.6 is 11.6 Å². The zero-order valence-corrected chi connectivity index (χ0v) is 12.4. The first-order chi connectivity index (χ1) is 10.1. The van der Waals surface area contributed by atoms with Gasteiger partial charge in [-0.25, -0.2) is 0 Å². The lowest BCUT2D eigenvalue weighted by atomic mass is 10.1. The molecule has 3 rings (SSSR count). The highest BCUT2D eigenvalue weighted by Crippen LogP contribution is 2.27. The molecule has 1 aromatic carbocycles. The molecule has 1 aromatic heterocycles. The Morgan fingerprint density at radius 1 is 1.33 bits per heavy atom. The number of hydrogen-bond acceptors (Lipinski definition) is 3. The number of rotatable bonds is 2. The van der Waals surface area contributed by atoms with Crippen molar-refractivity contribution in [3.05, 3.63) is 59.0 Å². The van der Waals surface area contributed by atoms with Crippen LogP contribution in [0.5, 0.6) is 0 Å². The molecule has 21 heavy (non-hydrogen) atoms. The molecule has 2 unspecified atom stereocenters. The van der Waals surface area contributed by atoms with E-state index in [0.717, 1.165) is 5.56 Å². The van der Waals surface area contributed by atoms with Crippen LogP contribution in [0.15, 0.2) is 47.1 Å². The Bertz CT molecular complexity index is 626. The molecule has 1 amide bonds. The van der Waals surface area contributed by atoms with Gasteiger partial charge in [-0.1, -0.05) is 23.7 Å². The van der Waals surface area contributed by atoms with Gasteiger partial charge in [0.2, 0.25) is 0 Å². The van der Waals surface area contributed by atoms with Gasteiger partial charge in [0.1, 0.15) is 6.10 Å². The maximum Gasteiger partial charge on any atom is 0.289 e. The highest BCUT2D eigenvalue weighted by Gasteiger charge is 2.32. The van der Waals surface area contributed by atoms with E-state index in [9.17, 15) is 4.79 Å². The smallest absolute Gasteiger partial charge is 0.289 e. The molecule has 1 aliphatic heterocycles. The maximum atomic E-state index is 12.5. The van der Waals surface area contributed by atoms with Gasteiger partial charge in [-0.3, -0.25) is 4.79 Å². The van der Waals surface area contributed by atoms with Crippen LogP contribution in [0.1, 0.15) is 29.1 Å². The standard InChI is InChI=1S/C16H16ClNO3/c1-11-10-21-15(12-4-2-5-13(17)8-12)9-18(11)16(19)14-6-3-7-20-14/h2-8,11,15H,9-10H2,1H3. The Kier molecular flexibility index (Phi) is 3.99. The van der Waals surface area contributed by atoms with Gasteiger partial charge >= 0.3 is 0 Å². The predicted molar refractivity (Wildman–Crippen MR) is 79.4 cm³/mol. The number of nitrogens with zero attached hydrogens (tertiary/aromatic N) is 1. The molecule has 0 bridgehead atoms. The number of carbonyl (C=O) groups is 1. The Labute approximate surface area is 128 Å². The number of hydrogen-bond donors (Lipinski definition) is 0. The summed E-state index contributed by atoms with van der Waals surface area (Å²) in [5.41, 5.74) is 0.978. The van der Waals surface area contributed by atoms with Gasteiger partial charge in [0.05, 0.1) is 25.5 Å². The number of halogens is 1. The minimum Gasteiger partial charge on any atom is -0.459 e. The van der Waals surface area contributed by atoms with E-state index in [1.165, 1.54) is 6.26 Å². The van der Waals surface area contributed by atoms with Gasteiger partial charge in [0.15, 0.2) is 5.76 Å². The number of amides is 1. The summed E-state index contributed by atoms with van der Waals surface area (Å²) in [6, 6.07) is 10.9. The van der Waals surface area contributed by atoms with Crippen LogP contribution in [0, 0.1) is 0 Å². The maximum absolute atomic E-state index is 12.5. The molecule has 1 saturated heterocycles. The van der Waals surface area contributed by atoms with Gasteiger partial charge < -0.3 is 14.1 Å². The zero-order chi connectivity index (χ0) is 14.8. The zero-order valence-electron chi connectivity index (χ0n) is 11.7. The average Bonchev–Trinajstić information content (AvgIpc) is 3.01. The van der Waals surface area contributed by atoms with E-state index in [-0.39, 0.29) is 18.1 Å². The van der Waals surface area contributed by atoms with Crippen molar-refractivity contribution < 1.29 is 13.9 Å². The number of furan rings is 1. The van der Waals surface area contributed by atoms with Crippen LogP contribution in [0.4, 0.5) is 0 Å². The van der Waals surface area contributed by atoms with Crippen molar-refractivity contribution in [2.24, 2.45) is 0 Å². The molecule has 0 radical (unpaired) electrons. The van der Waals surface area contributed by atoms with E-state index in [0.29, 0.717) is 23.9 Å². The predicted octanol–water partition coefficient (Wildman–Crippen LogP) is 3.54. The summed E-state index contributed by atoms with van der Waals surface area (Å²) in [7, 11) is 0. The van der Waals surface area contributed by atoms with Gasteiger partial charge in [0.25, 0.3) is 5.91 Å². The van der Waals surface area contributed by atoms with E-state index in [1.54, 1.807) is 17.0 Å². The lowest BCUT2D eigenvalue weighted by Gasteiger charge is -2.37. The quantitative estimate of drug-likeness (QED) is 0.852. The molecule has 1 fully saturated rings. The second-order valence-electron chi connectivity index (χ2n) is 5.16. The summed E-state index contributed by atoms with van der Waals surface area (Å²) in [4.78, 5) is 14.3. The summed E-state index contributed by atoms with van der Waals surface area (Å²) in [5, 5.41) is 0.665. The fourth-order valence-electron chi connectivity index (χ4n) is 2.49. The molecule has 4 nitrogen and oxygen atoms in total. The molecule has 1 aliphatic rings. The van der Waals surface area contributed by atoms with E-state index >= 15 is 0 Å². The Morgan fingerprint density at radius 2 is 2.19 bits per heavy atom. The van der Waals surface area contributed by atoms with Crippen LogP contribution in [0.2, 0.25) is 5.02 Å². The van der Waals surface area contributed by atoms with Crippen LogP contribution in [0.3, 0.4) is 0 Å². The Morgan fingerprint density at radius 3 is 2.90 bits per heavy atom. The number of carbonyl (C=O) groups excluding carboxylic acids is 1. The highest BCUT2D eigenvalue weighted by atomic mass is 35.5. The molecule has 2 heterocycles. The van der Waals surface area contributed by atoms with Crippen molar-refractivity contribution in [1.29, 1.82) is 0 Å². The van der Waals surface area contributed by atoms with Crippen molar-refractivity contribution in [3.8, 4) is 0 Å². The molecule has 0 aliphatic carbocycles. The van der Waals surface area contributed by atoms with Crippen molar-refractivity contribution in [2.45, 2.75) is 19.1 Å². The Hall–Kier alpha value is -1.78. The summed E-state index contributed by atoms with van der Waals surface area (Å²) in [6.07, 6.45) is 1.34. The third-order valence-electron chi connectivity index (χ3n) is 3.65. The molecule has 110 valence electrons. The van der Waals surface area contributed by atoms with Crippen LogP contribution in [-0.4, -0.2) is 30.0 Å². The third-order valence-corrected chi connectivity index (χ3v) is 3.88. The third kappa shape index (κ3) is 2.96. The number of benzene rings is 1. The van der Waals surface area contributed by atoms with Gasteiger partial charge in [-0.15, -0.1) is 0 Å². The number of morpholine rings is 1. The van der Waals surface area contributed by atoms with E-state index in [4.69, 9.17) is 20.8 Å². The molecule has 0 spiro atoms. The number of ether oxygens (including phenoxy) is 1. The fraction of sp³-hybridized carbons (Fsp3) is 0.312. The highest BCUT2D eigenvalue weighted by molar-refractivity contribution is 6.30. The molecule has 2 aromatic rings. The first kappa shape index (κ1) is 14.2. The summed E-state index contributed by atoms with van der Waals surface area (Å²) in [5.74, 6) is 0.247. The van der Waals surface area contributed by atoms with Crippen LogP contribution < -0.4 is 0 Å². The van der Waals surface area contributed by atoms with Crippen molar-refractivity contribution >= 4 is 17.5 Å². The first-order valence-corrected chi connectivity index (χ1v) is 7.24. The minimum absolute atomic E-state index is 0.0121. The SMILES string of the molecule is CC1COC(c2cccc(Cl)c2)CN1C(=O)c1ccco1. The van der Waals surface area contributed by atoms with Gasteiger partial charge in [-0.05, 0) is 36.8 Å². The summed E-state index contributed by atoms with van der Waals surface area (Å²) >= 11 is 6.02. The van der Waals surface area contributed by atoms with Gasteiger partial charge in [0, 0.05) is 5.02 Å². The molecule has 5 heteroatoms. The largest absolute Gasteiger partial charge is 0.459 e. The van der Waals surface area contributed by atoms with Crippen molar-refractivity contribution in [2.75, 3.05) is 13.2 Å². The van der Waals surface area contributed by atoms with E-state index in [1.807, 2.05) is 31.2 Å². The van der Waals surface area contributed by atoms with Crippen LogP contribution in [0.25, 0.3) is 0 Å². The molecular weight excluding hydrogens is 290 g/mol. The molecular formula is C16H16ClNO3. The van der Waals surface area contributed by atoms with Gasteiger partial charge in [-0.2, -0.15) is 0 Å². The van der Waals surface area contributed by atoms with Crippen LogP contribution in [-0.2, 0) is 4.74 Å². The van der Waals surface area contributed by atoms with E-state index in [2.05, 4.69) is 0 Å². The summed E-state index contributed by atoms with van der Waals surface area (Å²) < 4.78 is 11.0. The Balaban J connectivity index is 1.80. The fourth-order valence-corrected chi connectivity index (χ4v) is 2.69. The first-order valence-electron chi connectivity index (χ1n) is 6.86. The van der Waals surface area contributed by atoms with Crippen molar-refractivity contribution in [1.82, 2.24) is 4.90 Å². The average molecular weight is 306 g/mol. The van der Waals surface area contributed by atoms with Crippen molar-refractivity contribution in [3.63, 3.8) is 0 Å². The lowest BCUT2D eigenvalue weighted by molar-refractivity contribution is -0.0495. The second kappa shape index (κ2) is 5.92. The minimum atomic E-state index is -0.168. The lowest BCUT2D eigenvalue weighted by Crippen LogP contribution is -2.48. The van der Waals surface area contributed by atoms with E-state index < -0.39 is 0 Å².